The number of hydrogen-bond acceptors (Lipinski definition) is 2. The Morgan fingerprint density at radius 1 is 1.19 bits per heavy atom. The van der Waals surface area contributed by atoms with E-state index in [1.165, 1.54) is 0 Å². The van der Waals surface area contributed by atoms with Crippen LogP contribution in [-0.2, 0) is 4.79 Å². The molecule has 0 radical (unpaired) electrons. The Hall–Kier alpha value is -0.890. The molecule has 0 aromatic carbocycles. The van der Waals surface area contributed by atoms with E-state index in [2.05, 4.69) is 18.2 Å². The van der Waals surface area contributed by atoms with Gasteiger partial charge in [0.15, 0.2) is 0 Å². The predicted molar refractivity (Wildman–Crippen MR) is 59.5 cm³/mol. The zero-order valence-corrected chi connectivity index (χ0v) is 9.17. The number of Topliss-reactive ketones (excluding diaryl/α,β-unsaturated/α-hetero) is 1. The maximum Gasteiger partial charge on any atom is 0.146 e. The van der Waals surface area contributed by atoms with Crippen molar-refractivity contribution >= 4 is 5.78 Å². The molecule has 84 valence electrons. The van der Waals surface area contributed by atoms with E-state index in [0.717, 1.165) is 19.3 Å². The number of aliphatic hydroxyl groups is 1. The zero-order valence-electron chi connectivity index (χ0n) is 9.17. The van der Waals surface area contributed by atoms with Crippen LogP contribution in [0.2, 0.25) is 0 Å². The van der Waals surface area contributed by atoms with Gasteiger partial charge in [0, 0.05) is 11.8 Å². The summed E-state index contributed by atoms with van der Waals surface area (Å²) in [6.45, 7) is 0. The molecule has 16 heavy (non-hydrogen) atoms. The lowest BCUT2D eigenvalue weighted by atomic mass is 9.71. The van der Waals surface area contributed by atoms with Crippen LogP contribution in [0.15, 0.2) is 24.3 Å². The second kappa shape index (κ2) is 2.67. The number of ketones is 1. The van der Waals surface area contributed by atoms with Gasteiger partial charge in [0.25, 0.3) is 0 Å². The van der Waals surface area contributed by atoms with Crippen LogP contribution in [0.5, 0.6) is 0 Å². The minimum atomic E-state index is -0.722. The lowest BCUT2D eigenvalue weighted by Crippen LogP contribution is -2.47. The largest absolute Gasteiger partial charge is 0.388 e. The first kappa shape index (κ1) is 9.17. The van der Waals surface area contributed by atoms with Gasteiger partial charge < -0.3 is 5.11 Å². The molecule has 0 aromatic rings. The van der Waals surface area contributed by atoms with E-state index in [4.69, 9.17) is 0 Å². The molecule has 0 amide bonds. The Bertz CT molecular complexity index is 422. The highest BCUT2D eigenvalue weighted by Gasteiger charge is 2.60. The fourth-order valence-corrected chi connectivity index (χ4v) is 4.47. The third kappa shape index (κ3) is 0.904. The molecule has 0 aliphatic heterocycles. The van der Waals surface area contributed by atoms with Crippen LogP contribution in [0.1, 0.15) is 19.3 Å². The molecule has 0 spiro atoms. The zero-order chi connectivity index (χ0) is 10.9. The molecule has 0 saturated heterocycles. The molecule has 1 N–H and O–H groups in total. The Balaban J connectivity index is 1.74. The first-order valence-corrected chi connectivity index (χ1v) is 6.31. The summed E-state index contributed by atoms with van der Waals surface area (Å²) in [5, 5.41) is 10.9. The van der Waals surface area contributed by atoms with Crippen LogP contribution in [0.3, 0.4) is 0 Å². The summed E-state index contributed by atoms with van der Waals surface area (Å²) < 4.78 is 0. The molecule has 2 heteroatoms. The van der Waals surface area contributed by atoms with Crippen LogP contribution in [0.4, 0.5) is 0 Å². The van der Waals surface area contributed by atoms with Crippen molar-refractivity contribution in [3.63, 3.8) is 0 Å². The fourth-order valence-electron chi connectivity index (χ4n) is 4.47. The number of hydrogen-bond donors (Lipinski definition) is 1. The minimum absolute atomic E-state index is 0.109. The Labute approximate surface area is 95.0 Å². The Kier molecular flexibility index (Phi) is 1.53. The lowest BCUT2D eigenvalue weighted by Gasteiger charge is -2.38. The van der Waals surface area contributed by atoms with Gasteiger partial charge in [-0.25, -0.2) is 0 Å². The van der Waals surface area contributed by atoms with Crippen molar-refractivity contribution in [2.24, 2.45) is 29.6 Å². The van der Waals surface area contributed by atoms with Crippen molar-refractivity contribution in [3.05, 3.63) is 24.3 Å². The number of rotatable bonds is 1. The van der Waals surface area contributed by atoms with Crippen LogP contribution < -0.4 is 0 Å². The van der Waals surface area contributed by atoms with Gasteiger partial charge in [-0.05, 0) is 31.1 Å². The average Bonchev–Trinajstić information content (AvgIpc) is 2.92. The summed E-state index contributed by atoms with van der Waals surface area (Å²) in [5.41, 5.74) is -0.722. The SMILES string of the molecule is O=C1[C@H]2C=C[C@@H](C2)[C@H]1[C@@]1(O)C[C@H]2C=C[C@H]1C2. The van der Waals surface area contributed by atoms with Crippen molar-refractivity contribution in [2.75, 3.05) is 0 Å². The molecule has 0 aromatic heterocycles. The van der Waals surface area contributed by atoms with Gasteiger partial charge in [0.1, 0.15) is 5.78 Å². The Morgan fingerprint density at radius 3 is 2.62 bits per heavy atom. The number of carbonyl (C=O) groups excluding carboxylic acids is 1. The summed E-state index contributed by atoms with van der Waals surface area (Å²) in [7, 11) is 0. The highest BCUT2D eigenvalue weighted by atomic mass is 16.3. The smallest absolute Gasteiger partial charge is 0.146 e. The lowest BCUT2D eigenvalue weighted by molar-refractivity contribution is -0.135. The summed E-state index contributed by atoms with van der Waals surface area (Å²) in [6, 6.07) is 0. The number of carbonyl (C=O) groups is 1. The number of fused-ring (bicyclic) bond motifs is 4. The predicted octanol–water partition coefficient (Wildman–Crippen LogP) is 1.70. The first-order valence-electron chi connectivity index (χ1n) is 6.31. The maximum absolute atomic E-state index is 12.2. The van der Waals surface area contributed by atoms with Crippen LogP contribution in [0.25, 0.3) is 0 Å². The summed E-state index contributed by atoms with van der Waals surface area (Å²) in [5.74, 6) is 1.38. The van der Waals surface area contributed by atoms with E-state index in [-0.39, 0.29) is 17.8 Å². The van der Waals surface area contributed by atoms with Crippen LogP contribution >= 0.6 is 0 Å². The van der Waals surface area contributed by atoms with E-state index >= 15 is 0 Å². The van der Waals surface area contributed by atoms with Gasteiger partial charge in [-0.15, -0.1) is 0 Å². The van der Waals surface area contributed by atoms with Crippen LogP contribution in [0, 0.1) is 29.6 Å². The van der Waals surface area contributed by atoms with E-state index in [9.17, 15) is 9.90 Å². The van der Waals surface area contributed by atoms with Crippen molar-refractivity contribution in [3.8, 4) is 0 Å². The summed E-state index contributed by atoms with van der Waals surface area (Å²) in [6.07, 6.45) is 11.4. The van der Waals surface area contributed by atoms with Crippen molar-refractivity contribution in [1.82, 2.24) is 0 Å². The highest BCUT2D eigenvalue weighted by molar-refractivity contribution is 5.90. The first-order chi connectivity index (χ1) is 7.68. The molecule has 2 fully saturated rings. The maximum atomic E-state index is 12.2. The van der Waals surface area contributed by atoms with Gasteiger partial charge in [-0.3, -0.25) is 4.79 Å². The molecule has 0 heterocycles. The topological polar surface area (TPSA) is 37.3 Å². The number of allylic oxidation sites excluding steroid dienone is 3. The molecule has 4 aliphatic carbocycles. The second-order valence-corrected chi connectivity index (χ2v) is 5.95. The van der Waals surface area contributed by atoms with Gasteiger partial charge in [0.05, 0.1) is 11.5 Å². The quantitative estimate of drug-likeness (QED) is 0.677. The molecular weight excluding hydrogens is 200 g/mol. The second-order valence-electron chi connectivity index (χ2n) is 5.95. The van der Waals surface area contributed by atoms with Crippen molar-refractivity contribution < 1.29 is 9.90 Å². The van der Waals surface area contributed by atoms with Crippen LogP contribution in [-0.4, -0.2) is 16.5 Å². The Morgan fingerprint density at radius 2 is 2.06 bits per heavy atom. The fraction of sp³-hybridized carbons (Fsp3) is 0.643. The highest BCUT2D eigenvalue weighted by Crippen LogP contribution is 2.56. The van der Waals surface area contributed by atoms with E-state index in [1.807, 2.05) is 6.08 Å². The third-order valence-corrected chi connectivity index (χ3v) is 5.16. The van der Waals surface area contributed by atoms with E-state index < -0.39 is 5.60 Å². The molecule has 2 saturated carbocycles. The molecule has 2 nitrogen and oxygen atoms in total. The summed E-state index contributed by atoms with van der Waals surface area (Å²) >= 11 is 0. The van der Waals surface area contributed by atoms with Crippen molar-refractivity contribution in [1.29, 1.82) is 0 Å². The van der Waals surface area contributed by atoms with E-state index in [0.29, 0.717) is 17.6 Å². The van der Waals surface area contributed by atoms with Gasteiger partial charge in [0.2, 0.25) is 0 Å². The monoisotopic (exact) mass is 216 g/mol. The molecule has 4 bridgehead atoms. The van der Waals surface area contributed by atoms with Gasteiger partial charge in [-0.1, -0.05) is 24.3 Å². The molecule has 6 atom stereocenters. The van der Waals surface area contributed by atoms with Gasteiger partial charge >= 0.3 is 0 Å². The average molecular weight is 216 g/mol. The van der Waals surface area contributed by atoms with Gasteiger partial charge in [-0.2, -0.15) is 0 Å². The molecule has 4 aliphatic rings. The summed E-state index contributed by atoms with van der Waals surface area (Å²) in [4.78, 5) is 12.2. The standard InChI is InChI=1S/C14H16O2/c15-13-10-3-2-9(6-10)12(13)14(16)7-8-1-4-11(14)5-8/h1-4,8-12,16H,5-7H2/t8-,9-,10-,11-,12+,14+/m0/s1. The molecular formula is C14H16O2. The third-order valence-electron chi connectivity index (χ3n) is 5.16. The van der Waals surface area contributed by atoms with Crippen molar-refractivity contribution in [2.45, 2.75) is 24.9 Å². The molecule has 4 rings (SSSR count). The van der Waals surface area contributed by atoms with E-state index in [1.54, 1.807) is 0 Å². The minimum Gasteiger partial charge on any atom is -0.388 e. The normalized spacial score (nSPS) is 56.8. The molecule has 0 unspecified atom stereocenters.